The first-order chi connectivity index (χ1) is 13.7. The van der Waals surface area contributed by atoms with Crippen molar-refractivity contribution in [1.29, 1.82) is 0 Å². The molecule has 0 aliphatic heterocycles. The normalized spacial score (nSPS) is 10.7. The molecule has 0 aromatic heterocycles. The van der Waals surface area contributed by atoms with Crippen LogP contribution in [0.25, 0.3) is 21.5 Å². The molecule has 138 valence electrons. The van der Waals surface area contributed by atoms with Crippen LogP contribution in [0.5, 0.6) is 0 Å². The standard InChI is InChI=1S/C24H20N2O2/c27-23(15-17-12-13-18-6-1-2-8-20(18)14-17)25-26-24(28)16-21-10-5-9-19-7-3-4-11-22(19)21/h1-14H,15-16H2,(H,25,27)(H,26,28). The number of hydrogen-bond acceptors (Lipinski definition) is 2. The highest BCUT2D eigenvalue weighted by atomic mass is 16.2. The van der Waals surface area contributed by atoms with Gasteiger partial charge in [0, 0.05) is 0 Å². The van der Waals surface area contributed by atoms with E-state index in [4.69, 9.17) is 0 Å². The Kier molecular flexibility index (Phi) is 5.02. The summed E-state index contributed by atoms with van der Waals surface area (Å²) in [6.07, 6.45) is 0.414. The fraction of sp³-hybridized carbons (Fsp3) is 0.0833. The molecule has 0 aliphatic rings. The number of nitrogens with one attached hydrogen (secondary N) is 2. The zero-order valence-corrected chi connectivity index (χ0v) is 15.3. The van der Waals surface area contributed by atoms with Gasteiger partial charge in [0.15, 0.2) is 0 Å². The van der Waals surface area contributed by atoms with E-state index in [1.54, 1.807) is 0 Å². The lowest BCUT2D eigenvalue weighted by Gasteiger charge is -2.09. The van der Waals surface area contributed by atoms with Crippen molar-refractivity contribution >= 4 is 33.4 Å². The monoisotopic (exact) mass is 368 g/mol. The summed E-state index contributed by atoms with van der Waals surface area (Å²) in [4.78, 5) is 24.5. The predicted molar refractivity (Wildman–Crippen MR) is 112 cm³/mol. The van der Waals surface area contributed by atoms with Crippen LogP contribution < -0.4 is 10.9 Å². The Hall–Kier alpha value is -3.66. The van der Waals surface area contributed by atoms with Crippen molar-refractivity contribution in [1.82, 2.24) is 10.9 Å². The van der Waals surface area contributed by atoms with Crippen LogP contribution in [-0.4, -0.2) is 11.8 Å². The summed E-state index contributed by atoms with van der Waals surface area (Å²) in [7, 11) is 0. The summed E-state index contributed by atoms with van der Waals surface area (Å²) in [5.41, 5.74) is 6.86. The third kappa shape index (κ3) is 4.01. The molecule has 0 unspecified atom stereocenters. The Bertz CT molecular complexity index is 1160. The Morgan fingerprint density at radius 3 is 2.07 bits per heavy atom. The highest BCUT2D eigenvalue weighted by Crippen LogP contribution is 2.19. The molecule has 0 atom stereocenters. The fourth-order valence-electron chi connectivity index (χ4n) is 3.38. The molecule has 0 saturated heterocycles. The van der Waals surface area contributed by atoms with Crippen molar-refractivity contribution in [2.75, 3.05) is 0 Å². The van der Waals surface area contributed by atoms with Crippen molar-refractivity contribution in [3.05, 3.63) is 96.1 Å². The van der Waals surface area contributed by atoms with Gasteiger partial charge in [0.2, 0.25) is 11.8 Å². The van der Waals surface area contributed by atoms with E-state index in [9.17, 15) is 9.59 Å². The molecule has 0 bridgehead atoms. The van der Waals surface area contributed by atoms with Gasteiger partial charge in [-0.05, 0) is 32.7 Å². The predicted octanol–water partition coefficient (Wildman–Crippen LogP) is 3.93. The van der Waals surface area contributed by atoms with E-state index in [1.165, 1.54) is 0 Å². The summed E-state index contributed by atoms with van der Waals surface area (Å²) in [5, 5.41) is 4.36. The van der Waals surface area contributed by atoms with Crippen LogP contribution >= 0.6 is 0 Å². The molecule has 4 aromatic rings. The van der Waals surface area contributed by atoms with E-state index >= 15 is 0 Å². The maximum atomic E-state index is 12.3. The smallest absolute Gasteiger partial charge is 0.242 e. The number of hydrazine groups is 1. The van der Waals surface area contributed by atoms with Gasteiger partial charge in [-0.2, -0.15) is 0 Å². The molecule has 28 heavy (non-hydrogen) atoms. The number of rotatable bonds is 4. The first-order valence-electron chi connectivity index (χ1n) is 9.21. The van der Waals surface area contributed by atoms with E-state index < -0.39 is 0 Å². The van der Waals surface area contributed by atoms with Crippen LogP contribution in [0.3, 0.4) is 0 Å². The SMILES string of the molecule is O=C(Cc1ccc2ccccc2c1)NNC(=O)Cc1cccc2ccccc12. The van der Waals surface area contributed by atoms with Crippen molar-refractivity contribution in [2.24, 2.45) is 0 Å². The zero-order chi connectivity index (χ0) is 19.3. The molecule has 4 heteroatoms. The molecule has 4 aromatic carbocycles. The minimum Gasteiger partial charge on any atom is -0.273 e. The van der Waals surface area contributed by atoms with Crippen molar-refractivity contribution in [2.45, 2.75) is 12.8 Å². The highest BCUT2D eigenvalue weighted by molar-refractivity contribution is 5.91. The molecular formula is C24H20N2O2. The molecule has 0 heterocycles. The number of benzene rings is 4. The molecule has 0 saturated carbocycles. The average Bonchev–Trinajstić information content (AvgIpc) is 2.72. The van der Waals surface area contributed by atoms with E-state index in [1.807, 2.05) is 84.9 Å². The second-order valence-electron chi connectivity index (χ2n) is 6.77. The summed E-state index contributed by atoms with van der Waals surface area (Å²) < 4.78 is 0. The van der Waals surface area contributed by atoms with Gasteiger partial charge in [-0.3, -0.25) is 20.4 Å². The molecule has 0 fully saturated rings. The topological polar surface area (TPSA) is 58.2 Å². The van der Waals surface area contributed by atoms with E-state index in [2.05, 4.69) is 10.9 Å². The maximum Gasteiger partial charge on any atom is 0.242 e. The Labute approximate surface area is 163 Å². The van der Waals surface area contributed by atoms with Crippen molar-refractivity contribution in [3.8, 4) is 0 Å². The number of carbonyl (C=O) groups excluding carboxylic acids is 2. The molecule has 0 aliphatic carbocycles. The molecule has 0 spiro atoms. The maximum absolute atomic E-state index is 12.3. The number of carbonyl (C=O) groups is 2. The molecule has 0 radical (unpaired) electrons. The van der Waals surface area contributed by atoms with Crippen LogP contribution in [0.4, 0.5) is 0 Å². The van der Waals surface area contributed by atoms with E-state index in [0.717, 1.165) is 32.7 Å². The highest BCUT2D eigenvalue weighted by Gasteiger charge is 2.09. The minimum atomic E-state index is -0.249. The van der Waals surface area contributed by atoms with Gasteiger partial charge in [-0.15, -0.1) is 0 Å². The van der Waals surface area contributed by atoms with Gasteiger partial charge in [0.25, 0.3) is 0 Å². The third-order valence-corrected chi connectivity index (χ3v) is 4.75. The average molecular weight is 368 g/mol. The number of fused-ring (bicyclic) bond motifs is 2. The third-order valence-electron chi connectivity index (χ3n) is 4.75. The van der Waals surface area contributed by atoms with Crippen LogP contribution in [0.2, 0.25) is 0 Å². The van der Waals surface area contributed by atoms with Crippen LogP contribution in [-0.2, 0) is 22.4 Å². The minimum absolute atomic E-state index is 0.206. The van der Waals surface area contributed by atoms with Gasteiger partial charge in [-0.1, -0.05) is 84.9 Å². The summed E-state index contributed by atoms with van der Waals surface area (Å²) in [6.45, 7) is 0. The van der Waals surface area contributed by atoms with Crippen molar-refractivity contribution < 1.29 is 9.59 Å². The van der Waals surface area contributed by atoms with Crippen LogP contribution in [0, 0.1) is 0 Å². The van der Waals surface area contributed by atoms with Gasteiger partial charge in [0.05, 0.1) is 12.8 Å². The lowest BCUT2D eigenvalue weighted by Crippen LogP contribution is -2.43. The summed E-state index contributed by atoms with van der Waals surface area (Å²) >= 11 is 0. The second-order valence-corrected chi connectivity index (χ2v) is 6.77. The molecule has 2 N–H and O–H groups in total. The molecule has 4 nitrogen and oxygen atoms in total. The van der Waals surface area contributed by atoms with Gasteiger partial charge < -0.3 is 0 Å². The van der Waals surface area contributed by atoms with Crippen LogP contribution in [0.1, 0.15) is 11.1 Å². The Morgan fingerprint density at radius 1 is 0.607 bits per heavy atom. The van der Waals surface area contributed by atoms with E-state index in [0.29, 0.717) is 0 Å². The van der Waals surface area contributed by atoms with Gasteiger partial charge >= 0.3 is 0 Å². The van der Waals surface area contributed by atoms with Gasteiger partial charge in [-0.25, -0.2) is 0 Å². The lowest BCUT2D eigenvalue weighted by atomic mass is 10.0. The van der Waals surface area contributed by atoms with Gasteiger partial charge in [0.1, 0.15) is 0 Å². The lowest BCUT2D eigenvalue weighted by molar-refractivity contribution is -0.128. The molecule has 4 rings (SSSR count). The van der Waals surface area contributed by atoms with E-state index in [-0.39, 0.29) is 24.7 Å². The molecule has 2 amide bonds. The van der Waals surface area contributed by atoms with Crippen molar-refractivity contribution in [3.63, 3.8) is 0 Å². The zero-order valence-electron chi connectivity index (χ0n) is 15.3. The Morgan fingerprint density at radius 2 is 1.25 bits per heavy atom. The first-order valence-corrected chi connectivity index (χ1v) is 9.21. The first kappa shape index (κ1) is 17.7. The number of hydrogen-bond donors (Lipinski definition) is 2. The number of amides is 2. The summed E-state index contributed by atoms with van der Waals surface area (Å²) in [6, 6.07) is 27.7. The van der Waals surface area contributed by atoms with Crippen LogP contribution in [0.15, 0.2) is 84.9 Å². The second kappa shape index (κ2) is 7.92. The molecular weight excluding hydrogens is 348 g/mol. The quantitative estimate of drug-likeness (QED) is 0.536. The fourth-order valence-corrected chi connectivity index (χ4v) is 3.38. The Balaban J connectivity index is 1.35. The largest absolute Gasteiger partial charge is 0.273 e. The summed E-state index contributed by atoms with van der Waals surface area (Å²) in [5.74, 6) is -0.496.